The number of anilines is 2. The lowest BCUT2D eigenvalue weighted by Gasteiger charge is -2.40. The number of halogens is 3. The highest BCUT2D eigenvalue weighted by Crippen LogP contribution is 2.38. The maximum atomic E-state index is 12.0. The molecule has 0 radical (unpaired) electrons. The van der Waals surface area contributed by atoms with Crippen LogP contribution < -0.4 is 10.2 Å². The summed E-state index contributed by atoms with van der Waals surface area (Å²) < 4.78 is 10.8. The molecule has 9 nitrogen and oxygen atoms in total. The summed E-state index contributed by atoms with van der Waals surface area (Å²) in [5.74, 6) is 0.0187. The van der Waals surface area contributed by atoms with Crippen LogP contribution in [-0.2, 0) is 20.9 Å². The van der Waals surface area contributed by atoms with E-state index in [2.05, 4.69) is 25.1 Å². The number of aromatic nitrogens is 2. The third-order valence-electron chi connectivity index (χ3n) is 6.98. The fourth-order valence-electron chi connectivity index (χ4n) is 4.83. The Kier molecular flexibility index (Phi) is 9.42. The van der Waals surface area contributed by atoms with Crippen molar-refractivity contribution in [3.8, 4) is 0 Å². The molecule has 12 heteroatoms. The topological polar surface area (TPSA) is 100 Å². The number of carbonyl (C=O) groups excluding carboxylic acids is 1. The van der Waals surface area contributed by atoms with Crippen molar-refractivity contribution in [3.05, 3.63) is 83.7 Å². The number of hydrogen-bond acceptors (Lipinski definition) is 8. The van der Waals surface area contributed by atoms with Gasteiger partial charge in [0.2, 0.25) is 5.95 Å². The number of carbonyl (C=O) groups is 1. The first kappa shape index (κ1) is 29.0. The number of benzene rings is 2. The third kappa shape index (κ3) is 7.41. The molecule has 212 valence electrons. The van der Waals surface area contributed by atoms with Crippen LogP contribution in [0.4, 0.5) is 11.6 Å². The molecule has 40 heavy (non-hydrogen) atoms. The summed E-state index contributed by atoms with van der Waals surface area (Å²) in [6.07, 6.45) is 3.33. The highest BCUT2D eigenvalue weighted by Gasteiger charge is 2.34. The van der Waals surface area contributed by atoms with E-state index in [1.54, 1.807) is 24.5 Å². The zero-order chi connectivity index (χ0) is 28.1. The number of hydrogen-bond donors (Lipinski definition) is 2. The Bertz CT molecular complexity index is 1250. The van der Waals surface area contributed by atoms with Crippen molar-refractivity contribution in [2.24, 2.45) is 0 Å². The van der Waals surface area contributed by atoms with Gasteiger partial charge < -0.3 is 24.8 Å². The molecule has 2 fully saturated rings. The fraction of sp³-hybridized carbons (Fsp3) is 0.393. The zero-order valence-electron chi connectivity index (χ0n) is 21.6. The number of piperazine rings is 1. The average Bonchev–Trinajstić information content (AvgIpc) is 2.98. The van der Waals surface area contributed by atoms with Crippen LogP contribution in [0.1, 0.15) is 35.5 Å². The molecule has 0 spiro atoms. The minimum atomic E-state index is -2.06. The molecule has 0 bridgehead atoms. The standard InChI is InChI=1S/C28H30Cl3N5O4/c29-28(30,31)26(38)34-22-8-6-21(7-9-22)25-39-23(16-24(40-25)20-4-2-19(18-37)3-5-20)17-35-12-14-36(15-13-35)27-32-10-1-11-33-27/h1-11,23-25,37H,12-18H2,(H,34,38)/t23-,24+,25+/m1/s1. The minimum Gasteiger partial charge on any atom is -0.392 e. The number of ether oxygens (including phenoxy) is 2. The van der Waals surface area contributed by atoms with Crippen molar-refractivity contribution in [1.82, 2.24) is 14.9 Å². The summed E-state index contributed by atoms with van der Waals surface area (Å²) in [6, 6.07) is 16.7. The van der Waals surface area contributed by atoms with Crippen molar-refractivity contribution < 1.29 is 19.4 Å². The number of aliphatic hydroxyl groups excluding tert-OH is 1. The van der Waals surface area contributed by atoms with Crippen molar-refractivity contribution in [3.63, 3.8) is 0 Å². The molecule has 1 amide bonds. The van der Waals surface area contributed by atoms with Gasteiger partial charge in [-0.25, -0.2) is 9.97 Å². The van der Waals surface area contributed by atoms with Crippen LogP contribution in [0.15, 0.2) is 67.0 Å². The molecule has 3 aromatic rings. The first-order valence-corrected chi connectivity index (χ1v) is 14.1. The molecule has 5 rings (SSSR count). The van der Waals surface area contributed by atoms with Crippen molar-refractivity contribution in [2.75, 3.05) is 42.9 Å². The SMILES string of the molecule is O=C(Nc1ccc([C@H]2O[C@@H](CN3CCN(c4ncccn4)CC3)C[C@@H](c3ccc(CO)cc3)O2)cc1)C(Cl)(Cl)Cl. The summed E-state index contributed by atoms with van der Waals surface area (Å²) >= 11 is 17.0. The summed E-state index contributed by atoms with van der Waals surface area (Å²) in [7, 11) is 0. The Morgan fingerprint density at radius 3 is 2.23 bits per heavy atom. The van der Waals surface area contributed by atoms with Gasteiger partial charge in [0.15, 0.2) is 6.29 Å². The summed E-state index contributed by atoms with van der Waals surface area (Å²) in [5, 5.41) is 12.0. The third-order valence-corrected chi connectivity index (χ3v) is 7.50. The zero-order valence-corrected chi connectivity index (χ0v) is 23.9. The maximum Gasteiger partial charge on any atom is 0.276 e. The number of nitrogens with zero attached hydrogens (tertiary/aromatic N) is 4. The molecule has 2 N–H and O–H groups in total. The van der Waals surface area contributed by atoms with Crippen molar-refractivity contribution >= 4 is 52.3 Å². The van der Waals surface area contributed by atoms with E-state index in [9.17, 15) is 9.90 Å². The van der Waals surface area contributed by atoms with Crippen LogP contribution in [0.25, 0.3) is 0 Å². The molecule has 3 atom stereocenters. The van der Waals surface area contributed by atoms with E-state index >= 15 is 0 Å². The molecule has 3 heterocycles. The molecule has 0 saturated carbocycles. The van der Waals surface area contributed by atoms with Gasteiger partial charge in [-0.3, -0.25) is 9.69 Å². The Hall–Kier alpha value is -2.50. The second-order valence-electron chi connectivity index (χ2n) is 9.76. The largest absolute Gasteiger partial charge is 0.392 e. The van der Waals surface area contributed by atoms with Crippen molar-refractivity contribution in [2.45, 2.75) is 35.3 Å². The lowest BCUT2D eigenvalue weighted by Crippen LogP contribution is -2.50. The highest BCUT2D eigenvalue weighted by atomic mass is 35.6. The Morgan fingerprint density at radius 1 is 0.950 bits per heavy atom. The second kappa shape index (κ2) is 13.0. The number of rotatable bonds is 7. The smallest absolute Gasteiger partial charge is 0.276 e. The normalized spacial score (nSPS) is 22.2. The Labute approximate surface area is 248 Å². The number of nitrogens with one attached hydrogen (secondary N) is 1. The predicted molar refractivity (Wildman–Crippen MR) is 154 cm³/mol. The van der Waals surface area contributed by atoms with Crippen LogP contribution in [-0.4, -0.2) is 68.5 Å². The van der Waals surface area contributed by atoms with Gasteiger partial charge in [-0.2, -0.15) is 0 Å². The van der Waals surface area contributed by atoms with Crippen LogP contribution >= 0.6 is 34.8 Å². The molecule has 2 aliphatic rings. The fourth-order valence-corrected chi connectivity index (χ4v) is 4.97. The van der Waals surface area contributed by atoms with Gasteiger partial charge in [-0.1, -0.05) is 71.2 Å². The monoisotopic (exact) mass is 605 g/mol. The van der Waals surface area contributed by atoms with Crippen molar-refractivity contribution in [1.29, 1.82) is 0 Å². The molecule has 2 aromatic carbocycles. The van der Waals surface area contributed by atoms with E-state index in [0.717, 1.165) is 55.4 Å². The number of alkyl halides is 3. The van der Waals surface area contributed by atoms with Gasteiger partial charge in [0.05, 0.1) is 18.8 Å². The number of amides is 1. The molecule has 0 aliphatic carbocycles. The lowest BCUT2D eigenvalue weighted by atomic mass is 9.99. The van der Waals surface area contributed by atoms with Gasteiger partial charge in [-0.05, 0) is 29.3 Å². The maximum absolute atomic E-state index is 12.0. The van der Waals surface area contributed by atoms with Crippen LogP contribution in [0, 0.1) is 0 Å². The van der Waals surface area contributed by atoms with Crippen LogP contribution in [0.5, 0.6) is 0 Å². The minimum absolute atomic E-state index is 0.0126. The Balaban J connectivity index is 1.28. The average molecular weight is 607 g/mol. The van der Waals surface area contributed by atoms with Gasteiger partial charge in [0, 0.05) is 62.8 Å². The van der Waals surface area contributed by atoms with E-state index in [4.69, 9.17) is 44.3 Å². The second-order valence-corrected chi connectivity index (χ2v) is 12.0. The van der Waals surface area contributed by atoms with Gasteiger partial charge in [0.1, 0.15) is 0 Å². The predicted octanol–water partition coefficient (Wildman–Crippen LogP) is 4.65. The lowest BCUT2D eigenvalue weighted by molar-refractivity contribution is -0.253. The first-order valence-electron chi connectivity index (χ1n) is 13.0. The summed E-state index contributed by atoms with van der Waals surface area (Å²) in [6.45, 7) is 4.16. The van der Waals surface area contributed by atoms with E-state index in [-0.39, 0.29) is 18.8 Å². The number of aliphatic hydroxyl groups is 1. The van der Waals surface area contributed by atoms with E-state index in [1.807, 2.05) is 42.5 Å². The quantitative estimate of drug-likeness (QED) is 0.375. The molecular weight excluding hydrogens is 577 g/mol. The molecule has 0 unspecified atom stereocenters. The molecule has 2 aliphatic heterocycles. The Morgan fingerprint density at radius 2 is 1.60 bits per heavy atom. The highest BCUT2D eigenvalue weighted by molar-refractivity contribution is 6.76. The van der Waals surface area contributed by atoms with Gasteiger partial charge in [-0.15, -0.1) is 0 Å². The summed E-state index contributed by atoms with van der Waals surface area (Å²) in [4.78, 5) is 25.3. The van der Waals surface area contributed by atoms with Gasteiger partial charge >= 0.3 is 0 Å². The van der Waals surface area contributed by atoms with E-state index in [1.165, 1.54) is 0 Å². The summed E-state index contributed by atoms with van der Waals surface area (Å²) in [5.41, 5.74) is 3.16. The molecule has 2 saturated heterocycles. The van der Waals surface area contributed by atoms with E-state index < -0.39 is 16.0 Å². The van der Waals surface area contributed by atoms with Crippen LogP contribution in [0.2, 0.25) is 0 Å². The van der Waals surface area contributed by atoms with Crippen LogP contribution in [0.3, 0.4) is 0 Å². The molecular formula is C28H30Cl3N5O4. The first-order chi connectivity index (χ1) is 19.3. The van der Waals surface area contributed by atoms with Gasteiger partial charge in [0.25, 0.3) is 9.70 Å². The molecule has 1 aromatic heterocycles. The van der Waals surface area contributed by atoms with E-state index in [0.29, 0.717) is 12.1 Å².